The van der Waals surface area contributed by atoms with E-state index in [0.29, 0.717) is 0 Å². The predicted molar refractivity (Wildman–Crippen MR) is 67.6 cm³/mol. The fraction of sp³-hybridized carbons (Fsp3) is 0.333. The van der Waals surface area contributed by atoms with E-state index in [2.05, 4.69) is 6.58 Å². The average Bonchev–Trinajstić information content (AvgIpc) is 2.33. The molecule has 16 heavy (non-hydrogen) atoms. The van der Waals surface area contributed by atoms with Crippen LogP contribution in [0.4, 0.5) is 0 Å². The van der Waals surface area contributed by atoms with Gasteiger partial charge in [-0.15, -0.1) is 0 Å². The molecule has 0 amide bonds. The van der Waals surface area contributed by atoms with Crippen LogP contribution in [0.2, 0.25) is 0 Å². The molecule has 1 aromatic carbocycles. The smallest absolute Gasteiger partial charge is 0.373 e. The summed E-state index contributed by atoms with van der Waals surface area (Å²) in [6, 6.07) is 7.92. The van der Waals surface area contributed by atoms with E-state index >= 15 is 0 Å². The highest BCUT2D eigenvalue weighted by molar-refractivity contribution is 6.75. The Morgan fingerprint density at radius 1 is 1.00 bits per heavy atom. The van der Waals surface area contributed by atoms with Crippen molar-refractivity contribution >= 4 is 19.6 Å². The lowest BCUT2D eigenvalue weighted by atomic mass is 10.1. The summed E-state index contributed by atoms with van der Waals surface area (Å²) in [6.45, 7) is 5.87. The van der Waals surface area contributed by atoms with Crippen molar-refractivity contribution in [2.45, 2.75) is 6.92 Å². The second kappa shape index (κ2) is 5.40. The topological polar surface area (TPSA) is 27.7 Å². The molecule has 0 heterocycles. The Balaban J connectivity index is 3.08. The highest BCUT2D eigenvalue weighted by atomic mass is 28.4. The Hall–Kier alpha value is -0.943. The number of hydrogen-bond acceptors (Lipinski definition) is 3. The Bertz CT molecular complexity index is 347. The van der Waals surface area contributed by atoms with Gasteiger partial charge in [-0.3, -0.25) is 0 Å². The fourth-order valence-corrected chi connectivity index (χ4v) is 3.34. The number of rotatable bonds is 5. The van der Waals surface area contributed by atoms with Gasteiger partial charge in [0.15, 0.2) is 0 Å². The van der Waals surface area contributed by atoms with Gasteiger partial charge in [0.2, 0.25) is 0 Å². The zero-order chi connectivity index (χ0) is 12.2. The standard InChI is InChI=1S/C12H18O3Si/c1-10(2)11-6-8-12(9-7-11)16(13-3,14-4)15-5/h6-9H,1H2,2-5H3. The summed E-state index contributed by atoms with van der Waals surface area (Å²) >= 11 is 0. The van der Waals surface area contributed by atoms with Crippen molar-refractivity contribution in [3.8, 4) is 0 Å². The molecule has 0 radical (unpaired) electrons. The van der Waals surface area contributed by atoms with Gasteiger partial charge in [-0.1, -0.05) is 36.4 Å². The SMILES string of the molecule is C=C(C)c1ccc([Si](OC)(OC)OC)cc1. The summed E-state index contributed by atoms with van der Waals surface area (Å²) < 4.78 is 16.2. The van der Waals surface area contributed by atoms with E-state index in [9.17, 15) is 0 Å². The average molecular weight is 238 g/mol. The molecule has 0 atom stereocenters. The Labute approximate surface area is 98.0 Å². The van der Waals surface area contributed by atoms with Crippen molar-refractivity contribution in [2.75, 3.05) is 21.3 Å². The van der Waals surface area contributed by atoms with Crippen LogP contribution >= 0.6 is 0 Å². The van der Waals surface area contributed by atoms with Crippen LogP contribution in [0.1, 0.15) is 12.5 Å². The Kier molecular flexibility index (Phi) is 4.43. The first-order valence-corrected chi connectivity index (χ1v) is 6.74. The fourth-order valence-electron chi connectivity index (χ4n) is 1.56. The molecule has 0 saturated carbocycles. The monoisotopic (exact) mass is 238 g/mol. The van der Waals surface area contributed by atoms with Crippen molar-refractivity contribution in [3.05, 3.63) is 36.4 Å². The van der Waals surface area contributed by atoms with Crippen LogP contribution in [0, 0.1) is 0 Å². The molecule has 0 saturated heterocycles. The lowest BCUT2D eigenvalue weighted by molar-refractivity contribution is 0.140. The summed E-state index contributed by atoms with van der Waals surface area (Å²) in [6.07, 6.45) is 0. The summed E-state index contributed by atoms with van der Waals surface area (Å²) in [5, 5.41) is 0.949. The van der Waals surface area contributed by atoms with Crippen molar-refractivity contribution in [1.82, 2.24) is 0 Å². The van der Waals surface area contributed by atoms with E-state index in [-0.39, 0.29) is 0 Å². The second-order valence-electron chi connectivity index (χ2n) is 3.53. The minimum Gasteiger partial charge on any atom is -0.373 e. The van der Waals surface area contributed by atoms with Crippen LogP contribution in [-0.2, 0) is 13.3 Å². The first kappa shape index (κ1) is 13.1. The van der Waals surface area contributed by atoms with Gasteiger partial charge in [-0.05, 0) is 12.5 Å². The van der Waals surface area contributed by atoms with Crippen LogP contribution < -0.4 is 5.19 Å². The molecule has 88 valence electrons. The summed E-state index contributed by atoms with van der Waals surface area (Å²) in [7, 11) is 2.13. The van der Waals surface area contributed by atoms with Crippen LogP contribution in [0.15, 0.2) is 30.8 Å². The summed E-state index contributed by atoms with van der Waals surface area (Å²) in [4.78, 5) is 0. The molecule has 0 N–H and O–H groups in total. The summed E-state index contributed by atoms with van der Waals surface area (Å²) in [5.41, 5.74) is 2.14. The Morgan fingerprint density at radius 2 is 1.44 bits per heavy atom. The molecule has 0 aliphatic heterocycles. The lowest BCUT2D eigenvalue weighted by Gasteiger charge is -2.24. The maximum Gasteiger partial charge on any atom is 0.536 e. The molecule has 0 spiro atoms. The van der Waals surface area contributed by atoms with E-state index in [1.165, 1.54) is 0 Å². The molecule has 0 aliphatic rings. The van der Waals surface area contributed by atoms with Crippen molar-refractivity contribution in [2.24, 2.45) is 0 Å². The van der Waals surface area contributed by atoms with Crippen LogP contribution in [0.5, 0.6) is 0 Å². The number of allylic oxidation sites excluding steroid dienone is 1. The third kappa shape index (κ3) is 2.41. The highest BCUT2D eigenvalue weighted by Crippen LogP contribution is 2.12. The zero-order valence-electron chi connectivity index (χ0n) is 10.2. The molecule has 0 aromatic heterocycles. The van der Waals surface area contributed by atoms with E-state index < -0.39 is 8.80 Å². The third-order valence-corrected chi connectivity index (χ3v) is 5.19. The molecule has 1 rings (SSSR count). The van der Waals surface area contributed by atoms with Crippen LogP contribution in [-0.4, -0.2) is 30.1 Å². The van der Waals surface area contributed by atoms with E-state index in [0.717, 1.165) is 16.3 Å². The van der Waals surface area contributed by atoms with Gasteiger partial charge in [-0.2, -0.15) is 0 Å². The minimum absolute atomic E-state index is 0.949. The molecular weight excluding hydrogens is 220 g/mol. The maximum absolute atomic E-state index is 5.39. The van der Waals surface area contributed by atoms with Crippen LogP contribution in [0.25, 0.3) is 5.57 Å². The molecule has 0 fully saturated rings. The predicted octanol–water partition coefficient (Wildman–Crippen LogP) is 1.80. The van der Waals surface area contributed by atoms with E-state index in [1.54, 1.807) is 21.3 Å². The van der Waals surface area contributed by atoms with Gasteiger partial charge < -0.3 is 13.3 Å². The highest BCUT2D eigenvalue weighted by Gasteiger charge is 2.40. The molecule has 4 heteroatoms. The van der Waals surface area contributed by atoms with Crippen molar-refractivity contribution < 1.29 is 13.3 Å². The van der Waals surface area contributed by atoms with Gasteiger partial charge in [0, 0.05) is 26.5 Å². The minimum atomic E-state index is -2.68. The van der Waals surface area contributed by atoms with Gasteiger partial charge in [0.1, 0.15) is 0 Å². The van der Waals surface area contributed by atoms with Gasteiger partial charge in [0.25, 0.3) is 0 Å². The quantitative estimate of drug-likeness (QED) is 0.732. The first-order valence-electron chi connectivity index (χ1n) is 5.01. The van der Waals surface area contributed by atoms with E-state index in [1.807, 2.05) is 31.2 Å². The van der Waals surface area contributed by atoms with E-state index in [4.69, 9.17) is 13.3 Å². The number of benzene rings is 1. The van der Waals surface area contributed by atoms with Gasteiger partial charge in [-0.25, -0.2) is 0 Å². The normalized spacial score (nSPS) is 11.5. The van der Waals surface area contributed by atoms with Gasteiger partial charge in [0.05, 0.1) is 0 Å². The largest absolute Gasteiger partial charge is 0.536 e. The molecule has 0 unspecified atom stereocenters. The zero-order valence-corrected chi connectivity index (χ0v) is 11.2. The van der Waals surface area contributed by atoms with Crippen molar-refractivity contribution in [1.29, 1.82) is 0 Å². The Morgan fingerprint density at radius 3 is 1.75 bits per heavy atom. The molecule has 1 aromatic rings. The molecular formula is C12H18O3Si. The second-order valence-corrected chi connectivity index (χ2v) is 6.44. The molecule has 0 bridgehead atoms. The molecule has 3 nitrogen and oxygen atoms in total. The number of hydrogen-bond donors (Lipinski definition) is 0. The summed E-state index contributed by atoms with van der Waals surface area (Å²) in [5.74, 6) is 0. The van der Waals surface area contributed by atoms with Crippen molar-refractivity contribution in [3.63, 3.8) is 0 Å². The van der Waals surface area contributed by atoms with Gasteiger partial charge >= 0.3 is 8.80 Å². The third-order valence-electron chi connectivity index (χ3n) is 2.54. The van der Waals surface area contributed by atoms with Crippen LogP contribution in [0.3, 0.4) is 0 Å². The molecule has 0 aliphatic carbocycles. The maximum atomic E-state index is 5.39. The lowest BCUT2D eigenvalue weighted by Crippen LogP contribution is -2.54. The first-order chi connectivity index (χ1) is 7.59.